The van der Waals surface area contributed by atoms with Gasteiger partial charge in [-0.3, -0.25) is 0 Å². The van der Waals surface area contributed by atoms with Crippen LogP contribution in [0.1, 0.15) is 48.7 Å². The zero-order valence-corrected chi connectivity index (χ0v) is 12.4. The van der Waals surface area contributed by atoms with Crippen LogP contribution in [0.15, 0.2) is 5.38 Å². The van der Waals surface area contributed by atoms with Crippen LogP contribution in [-0.2, 0) is 11.3 Å². The summed E-state index contributed by atoms with van der Waals surface area (Å²) in [5.74, 6) is 0.689. The van der Waals surface area contributed by atoms with E-state index in [4.69, 9.17) is 4.74 Å². The first-order valence-electron chi connectivity index (χ1n) is 7.39. The van der Waals surface area contributed by atoms with Crippen LogP contribution in [0.2, 0.25) is 0 Å². The van der Waals surface area contributed by atoms with Crippen molar-refractivity contribution in [3.05, 3.63) is 16.1 Å². The van der Waals surface area contributed by atoms with Crippen molar-refractivity contribution in [3.8, 4) is 0 Å². The number of ether oxygens (including phenoxy) is 1. The van der Waals surface area contributed by atoms with E-state index in [0.717, 1.165) is 31.6 Å². The Kier molecular flexibility index (Phi) is 4.52. The summed E-state index contributed by atoms with van der Waals surface area (Å²) >= 11 is 1.71. The molecule has 5 nitrogen and oxygen atoms in total. The van der Waals surface area contributed by atoms with Crippen LogP contribution in [-0.4, -0.2) is 30.3 Å². The van der Waals surface area contributed by atoms with Crippen molar-refractivity contribution in [2.75, 3.05) is 13.2 Å². The van der Waals surface area contributed by atoms with E-state index in [1.807, 2.05) is 5.38 Å². The van der Waals surface area contributed by atoms with E-state index in [1.54, 1.807) is 11.3 Å². The van der Waals surface area contributed by atoms with Gasteiger partial charge in [0.25, 0.3) is 0 Å². The summed E-state index contributed by atoms with van der Waals surface area (Å²) in [5, 5.41) is 8.98. The maximum absolute atomic E-state index is 11.7. The van der Waals surface area contributed by atoms with Gasteiger partial charge in [0.05, 0.1) is 23.4 Å². The Bertz CT molecular complexity index is 453. The molecule has 0 aromatic carbocycles. The van der Waals surface area contributed by atoms with E-state index in [2.05, 4.69) is 15.6 Å². The molecular weight excluding hydrogens is 274 g/mol. The van der Waals surface area contributed by atoms with Crippen molar-refractivity contribution in [3.63, 3.8) is 0 Å². The van der Waals surface area contributed by atoms with Crippen LogP contribution in [0.3, 0.4) is 0 Å². The molecule has 0 radical (unpaired) electrons. The molecule has 1 aromatic rings. The molecule has 1 aliphatic heterocycles. The SMILES string of the molecule is O=C(NCC[C@H]1CCCO1)NCc1csc(C2CC2)n1. The molecule has 0 bridgehead atoms. The third-order valence-electron chi connectivity index (χ3n) is 3.70. The van der Waals surface area contributed by atoms with Gasteiger partial charge in [0.15, 0.2) is 0 Å². The molecule has 0 unspecified atom stereocenters. The maximum Gasteiger partial charge on any atom is 0.315 e. The van der Waals surface area contributed by atoms with Gasteiger partial charge < -0.3 is 15.4 Å². The second-order valence-electron chi connectivity index (χ2n) is 5.48. The molecule has 0 spiro atoms. The Hall–Kier alpha value is -1.14. The standard InChI is InChI=1S/C14H21N3O2S/c18-14(15-6-5-12-2-1-7-19-12)16-8-11-9-20-13(17-11)10-3-4-10/h9-10,12H,1-8H2,(H2,15,16,18)/t12-/m1/s1. The highest BCUT2D eigenvalue weighted by molar-refractivity contribution is 7.09. The molecule has 1 atom stereocenters. The summed E-state index contributed by atoms with van der Waals surface area (Å²) in [4.78, 5) is 16.2. The minimum Gasteiger partial charge on any atom is -0.378 e. The van der Waals surface area contributed by atoms with Gasteiger partial charge in [-0.25, -0.2) is 9.78 Å². The number of hydrogen-bond acceptors (Lipinski definition) is 4. The molecule has 1 saturated carbocycles. The first-order valence-corrected chi connectivity index (χ1v) is 8.27. The number of amides is 2. The second kappa shape index (κ2) is 6.54. The van der Waals surface area contributed by atoms with E-state index >= 15 is 0 Å². The monoisotopic (exact) mass is 295 g/mol. The molecule has 2 aliphatic rings. The van der Waals surface area contributed by atoms with Crippen LogP contribution in [0.5, 0.6) is 0 Å². The van der Waals surface area contributed by atoms with Gasteiger partial charge in [0, 0.05) is 24.4 Å². The quantitative estimate of drug-likeness (QED) is 0.847. The Balaban J connectivity index is 1.31. The molecule has 2 fully saturated rings. The van der Waals surface area contributed by atoms with Crippen LogP contribution >= 0.6 is 11.3 Å². The molecule has 110 valence electrons. The smallest absolute Gasteiger partial charge is 0.315 e. The molecule has 3 rings (SSSR count). The van der Waals surface area contributed by atoms with Gasteiger partial charge in [-0.1, -0.05) is 0 Å². The summed E-state index contributed by atoms with van der Waals surface area (Å²) in [6.07, 6.45) is 6.02. The first kappa shape index (κ1) is 13.8. The fourth-order valence-electron chi connectivity index (χ4n) is 2.37. The summed E-state index contributed by atoms with van der Waals surface area (Å²) in [5.41, 5.74) is 0.964. The second-order valence-corrected chi connectivity index (χ2v) is 6.37. The van der Waals surface area contributed by atoms with Crippen molar-refractivity contribution in [1.82, 2.24) is 15.6 Å². The lowest BCUT2D eigenvalue weighted by Gasteiger charge is -2.10. The van der Waals surface area contributed by atoms with Crippen molar-refractivity contribution >= 4 is 17.4 Å². The average molecular weight is 295 g/mol. The van der Waals surface area contributed by atoms with Gasteiger partial charge >= 0.3 is 6.03 Å². The number of hydrogen-bond donors (Lipinski definition) is 2. The van der Waals surface area contributed by atoms with Gasteiger partial charge in [0.1, 0.15) is 0 Å². The van der Waals surface area contributed by atoms with Crippen molar-refractivity contribution < 1.29 is 9.53 Å². The first-order chi connectivity index (χ1) is 9.81. The van der Waals surface area contributed by atoms with Crippen LogP contribution in [0.25, 0.3) is 0 Å². The Morgan fingerprint density at radius 1 is 1.40 bits per heavy atom. The van der Waals surface area contributed by atoms with Gasteiger partial charge in [-0.15, -0.1) is 11.3 Å². The third-order valence-corrected chi connectivity index (χ3v) is 4.76. The number of urea groups is 1. The number of nitrogens with one attached hydrogen (secondary N) is 2. The number of thiazole rings is 1. The lowest BCUT2D eigenvalue weighted by molar-refractivity contribution is 0.104. The lowest BCUT2D eigenvalue weighted by atomic mass is 10.2. The fourth-order valence-corrected chi connectivity index (χ4v) is 3.36. The highest BCUT2D eigenvalue weighted by atomic mass is 32.1. The molecule has 20 heavy (non-hydrogen) atoms. The highest BCUT2D eigenvalue weighted by Gasteiger charge is 2.26. The number of carbonyl (C=O) groups excluding carboxylic acids is 1. The van der Waals surface area contributed by atoms with E-state index in [9.17, 15) is 4.79 Å². The predicted octanol–water partition coefficient (Wildman–Crippen LogP) is 2.39. The molecule has 1 saturated heterocycles. The lowest BCUT2D eigenvalue weighted by Crippen LogP contribution is -2.36. The minimum absolute atomic E-state index is 0.121. The number of aromatic nitrogens is 1. The molecule has 1 aliphatic carbocycles. The molecule has 2 N–H and O–H groups in total. The zero-order chi connectivity index (χ0) is 13.8. The van der Waals surface area contributed by atoms with E-state index < -0.39 is 0 Å². The summed E-state index contributed by atoms with van der Waals surface area (Å²) < 4.78 is 5.51. The number of carbonyl (C=O) groups is 1. The Morgan fingerprint density at radius 2 is 2.30 bits per heavy atom. The van der Waals surface area contributed by atoms with Gasteiger partial charge in [-0.05, 0) is 32.1 Å². The fraction of sp³-hybridized carbons (Fsp3) is 0.714. The Morgan fingerprint density at radius 3 is 3.05 bits per heavy atom. The van der Waals surface area contributed by atoms with Crippen molar-refractivity contribution in [2.45, 2.75) is 50.7 Å². The minimum atomic E-state index is -0.121. The number of nitrogens with zero attached hydrogens (tertiary/aromatic N) is 1. The highest BCUT2D eigenvalue weighted by Crippen LogP contribution is 2.41. The van der Waals surface area contributed by atoms with Gasteiger partial charge in [0.2, 0.25) is 0 Å². The molecule has 6 heteroatoms. The summed E-state index contributed by atoms with van der Waals surface area (Å²) in [7, 11) is 0. The van der Waals surface area contributed by atoms with Crippen LogP contribution < -0.4 is 10.6 Å². The maximum atomic E-state index is 11.7. The van der Waals surface area contributed by atoms with E-state index in [-0.39, 0.29) is 6.03 Å². The molecule has 2 amide bonds. The molecule has 1 aromatic heterocycles. The van der Waals surface area contributed by atoms with Crippen LogP contribution in [0, 0.1) is 0 Å². The van der Waals surface area contributed by atoms with Crippen molar-refractivity contribution in [2.24, 2.45) is 0 Å². The van der Waals surface area contributed by atoms with Crippen molar-refractivity contribution in [1.29, 1.82) is 0 Å². The largest absolute Gasteiger partial charge is 0.378 e. The van der Waals surface area contributed by atoms with Crippen LogP contribution in [0.4, 0.5) is 4.79 Å². The predicted molar refractivity (Wildman–Crippen MR) is 77.9 cm³/mol. The Labute approximate surface area is 123 Å². The summed E-state index contributed by atoms with van der Waals surface area (Å²) in [6.45, 7) is 2.04. The summed E-state index contributed by atoms with van der Waals surface area (Å²) in [6, 6.07) is -0.121. The third kappa shape index (κ3) is 3.93. The number of rotatable bonds is 6. The molecular formula is C14H21N3O2S. The van der Waals surface area contributed by atoms with Gasteiger partial charge in [-0.2, -0.15) is 0 Å². The van der Waals surface area contributed by atoms with E-state index in [1.165, 1.54) is 17.8 Å². The topological polar surface area (TPSA) is 63.2 Å². The normalized spacial score (nSPS) is 21.9. The zero-order valence-electron chi connectivity index (χ0n) is 11.6. The van der Waals surface area contributed by atoms with E-state index in [0.29, 0.717) is 25.1 Å². The average Bonchev–Trinajstić information content (AvgIpc) is 2.98. The molecule has 2 heterocycles.